The number of benzene rings is 2. The van der Waals surface area contributed by atoms with E-state index < -0.39 is 34.2 Å². The van der Waals surface area contributed by atoms with E-state index in [0.717, 1.165) is 12.1 Å². The van der Waals surface area contributed by atoms with Crippen LogP contribution >= 0.6 is 47.8 Å². The number of hydrogen-bond acceptors (Lipinski definition) is 10. The van der Waals surface area contributed by atoms with Crippen molar-refractivity contribution in [3.63, 3.8) is 0 Å². The standard InChI is InChI=1S/C20H11Br3N4O9/c21-11-5-10(19(14(23)6-11)36-20(29)16-3-4-18(35-16)27(32)33)8-24-25-17(28)9-34-15-2-1-12(26(30)31)7-13(15)22/h1-8H,9H2,(H,25,28)/b24-8+. The van der Waals surface area contributed by atoms with Gasteiger partial charge < -0.3 is 13.9 Å². The van der Waals surface area contributed by atoms with Gasteiger partial charge in [0, 0.05) is 22.2 Å². The normalized spacial score (nSPS) is 10.8. The number of amides is 1. The van der Waals surface area contributed by atoms with E-state index in [1.54, 1.807) is 6.07 Å². The maximum atomic E-state index is 12.4. The zero-order chi connectivity index (χ0) is 26.4. The maximum Gasteiger partial charge on any atom is 0.433 e. The Bertz CT molecular complexity index is 1390. The van der Waals surface area contributed by atoms with Crippen LogP contribution in [-0.2, 0) is 4.79 Å². The Labute approximate surface area is 226 Å². The molecular weight excluding hydrogens is 680 g/mol. The van der Waals surface area contributed by atoms with Crippen LogP contribution in [0.3, 0.4) is 0 Å². The molecule has 0 saturated carbocycles. The highest BCUT2D eigenvalue weighted by Crippen LogP contribution is 2.33. The number of esters is 1. The largest absolute Gasteiger partial charge is 0.483 e. The highest BCUT2D eigenvalue weighted by molar-refractivity contribution is 9.11. The van der Waals surface area contributed by atoms with Crippen molar-refractivity contribution >= 4 is 77.5 Å². The molecule has 0 bridgehead atoms. The van der Waals surface area contributed by atoms with E-state index in [9.17, 15) is 29.8 Å². The molecule has 3 aromatic rings. The Morgan fingerprint density at radius 1 is 1.03 bits per heavy atom. The van der Waals surface area contributed by atoms with E-state index >= 15 is 0 Å². The van der Waals surface area contributed by atoms with Crippen molar-refractivity contribution in [1.29, 1.82) is 0 Å². The van der Waals surface area contributed by atoms with Gasteiger partial charge in [-0.3, -0.25) is 25.0 Å². The number of carbonyl (C=O) groups excluding carboxylic acids is 2. The second-order valence-corrected chi connectivity index (χ2v) is 9.17. The van der Waals surface area contributed by atoms with E-state index in [-0.39, 0.29) is 28.5 Å². The van der Waals surface area contributed by atoms with E-state index in [0.29, 0.717) is 13.4 Å². The summed E-state index contributed by atoms with van der Waals surface area (Å²) < 4.78 is 16.7. The molecule has 13 nitrogen and oxygen atoms in total. The lowest BCUT2D eigenvalue weighted by atomic mass is 10.2. The Morgan fingerprint density at radius 3 is 2.42 bits per heavy atom. The molecule has 0 saturated heterocycles. The molecule has 16 heteroatoms. The topological polar surface area (TPSA) is 176 Å². The summed E-state index contributed by atoms with van der Waals surface area (Å²) in [6, 6.07) is 9.04. The number of nitrogens with zero attached hydrogens (tertiary/aromatic N) is 3. The summed E-state index contributed by atoms with van der Waals surface area (Å²) in [5.41, 5.74) is 2.34. The van der Waals surface area contributed by atoms with Gasteiger partial charge in [0.1, 0.15) is 10.7 Å². The molecular formula is C20H11Br3N4O9. The van der Waals surface area contributed by atoms with Gasteiger partial charge in [0.2, 0.25) is 5.76 Å². The second-order valence-electron chi connectivity index (χ2n) is 6.54. The van der Waals surface area contributed by atoms with Gasteiger partial charge in [0.15, 0.2) is 12.4 Å². The van der Waals surface area contributed by atoms with Gasteiger partial charge in [-0.05, 0) is 56.1 Å². The summed E-state index contributed by atoms with van der Waals surface area (Å²) >= 11 is 9.68. The third-order valence-corrected chi connectivity index (χ3v) is 5.75. The van der Waals surface area contributed by atoms with Gasteiger partial charge in [-0.25, -0.2) is 10.2 Å². The lowest BCUT2D eigenvalue weighted by Gasteiger charge is -2.09. The molecule has 0 aliphatic rings. The van der Waals surface area contributed by atoms with Gasteiger partial charge in [0.25, 0.3) is 11.6 Å². The highest BCUT2D eigenvalue weighted by atomic mass is 79.9. The minimum absolute atomic E-state index is 0.00584. The predicted molar refractivity (Wildman–Crippen MR) is 134 cm³/mol. The monoisotopic (exact) mass is 688 g/mol. The molecule has 36 heavy (non-hydrogen) atoms. The number of nitro benzene ring substituents is 1. The van der Waals surface area contributed by atoms with Crippen LogP contribution in [-0.4, -0.2) is 34.5 Å². The van der Waals surface area contributed by atoms with Crippen LogP contribution in [0, 0.1) is 20.2 Å². The molecule has 0 atom stereocenters. The third kappa shape index (κ3) is 6.96. The number of ether oxygens (including phenoxy) is 2. The molecule has 186 valence electrons. The Morgan fingerprint density at radius 2 is 1.78 bits per heavy atom. The van der Waals surface area contributed by atoms with Crippen molar-refractivity contribution in [2.45, 2.75) is 0 Å². The Hall–Kier alpha value is -3.63. The maximum absolute atomic E-state index is 12.4. The fraction of sp³-hybridized carbons (Fsp3) is 0.0500. The van der Waals surface area contributed by atoms with Crippen molar-refractivity contribution in [2.75, 3.05) is 6.61 Å². The quantitative estimate of drug-likeness (QED) is 0.105. The van der Waals surface area contributed by atoms with Gasteiger partial charge in [-0.2, -0.15) is 5.10 Å². The molecule has 0 aliphatic heterocycles. The number of nitrogens with one attached hydrogen (secondary N) is 1. The van der Waals surface area contributed by atoms with E-state index in [1.165, 1.54) is 30.5 Å². The summed E-state index contributed by atoms with van der Waals surface area (Å²) in [7, 11) is 0. The number of nitro groups is 2. The van der Waals surface area contributed by atoms with Crippen LogP contribution < -0.4 is 14.9 Å². The summed E-state index contributed by atoms with van der Waals surface area (Å²) in [5, 5.41) is 25.4. The molecule has 1 heterocycles. The smallest absolute Gasteiger partial charge is 0.433 e. The third-order valence-electron chi connectivity index (χ3n) is 4.08. The molecule has 1 aromatic heterocycles. The molecule has 1 N–H and O–H groups in total. The number of hydrazone groups is 1. The van der Waals surface area contributed by atoms with Crippen molar-refractivity contribution in [1.82, 2.24) is 5.43 Å². The van der Waals surface area contributed by atoms with Gasteiger partial charge in [-0.1, -0.05) is 15.9 Å². The summed E-state index contributed by atoms with van der Waals surface area (Å²) in [5.74, 6) is -2.43. The van der Waals surface area contributed by atoms with E-state index in [2.05, 4.69) is 58.3 Å². The highest BCUT2D eigenvalue weighted by Gasteiger charge is 2.21. The van der Waals surface area contributed by atoms with Crippen molar-refractivity contribution in [2.24, 2.45) is 5.10 Å². The first-order chi connectivity index (χ1) is 17.0. The van der Waals surface area contributed by atoms with Gasteiger partial charge >= 0.3 is 11.9 Å². The average molecular weight is 691 g/mol. The minimum atomic E-state index is -0.994. The van der Waals surface area contributed by atoms with Crippen LogP contribution in [0.15, 0.2) is 65.4 Å². The first-order valence-corrected chi connectivity index (χ1v) is 11.8. The Balaban J connectivity index is 1.66. The summed E-state index contributed by atoms with van der Waals surface area (Å²) in [6.45, 7) is -0.449. The molecule has 0 spiro atoms. The first-order valence-electron chi connectivity index (χ1n) is 9.39. The van der Waals surface area contributed by atoms with Gasteiger partial charge in [-0.15, -0.1) is 0 Å². The molecule has 0 radical (unpaired) electrons. The molecule has 0 aliphatic carbocycles. The first kappa shape index (κ1) is 27.0. The molecule has 0 fully saturated rings. The fourth-order valence-electron chi connectivity index (χ4n) is 2.53. The zero-order valence-corrected chi connectivity index (χ0v) is 22.2. The van der Waals surface area contributed by atoms with Crippen molar-refractivity contribution < 1.29 is 33.3 Å². The number of non-ortho nitro benzene ring substituents is 1. The zero-order valence-electron chi connectivity index (χ0n) is 17.5. The minimum Gasteiger partial charge on any atom is -0.483 e. The molecule has 2 aromatic carbocycles. The lowest BCUT2D eigenvalue weighted by Crippen LogP contribution is -2.24. The molecule has 0 unspecified atom stereocenters. The van der Waals surface area contributed by atoms with Crippen LogP contribution in [0.25, 0.3) is 0 Å². The SMILES string of the molecule is O=C(COc1ccc([N+](=O)[O-])cc1Br)N/N=C/c1cc(Br)cc(Br)c1OC(=O)c1ccc([N+](=O)[O-])o1. The number of hydrogen-bond donors (Lipinski definition) is 1. The number of furan rings is 1. The Kier molecular flexibility index (Phi) is 8.89. The van der Waals surface area contributed by atoms with E-state index in [1.807, 2.05) is 0 Å². The predicted octanol–water partition coefficient (Wildman–Crippen LogP) is 5.13. The summed E-state index contributed by atoms with van der Waals surface area (Å²) in [6.07, 6.45) is 1.20. The van der Waals surface area contributed by atoms with Crippen LogP contribution in [0.5, 0.6) is 11.5 Å². The number of rotatable bonds is 9. The average Bonchev–Trinajstić information content (AvgIpc) is 3.31. The van der Waals surface area contributed by atoms with Crippen LogP contribution in [0.1, 0.15) is 16.1 Å². The summed E-state index contributed by atoms with van der Waals surface area (Å²) in [4.78, 5) is 44.7. The number of carbonyl (C=O) groups is 2. The van der Waals surface area contributed by atoms with Crippen molar-refractivity contribution in [3.05, 3.63) is 87.4 Å². The van der Waals surface area contributed by atoms with Crippen LogP contribution in [0.2, 0.25) is 0 Å². The van der Waals surface area contributed by atoms with Crippen LogP contribution in [0.4, 0.5) is 11.6 Å². The van der Waals surface area contributed by atoms with Gasteiger partial charge in [0.05, 0.1) is 26.1 Å². The number of halogens is 3. The molecule has 3 rings (SSSR count). The van der Waals surface area contributed by atoms with E-state index in [4.69, 9.17) is 13.9 Å². The fourth-order valence-corrected chi connectivity index (χ4v) is 4.35. The molecule has 1 amide bonds. The second kappa shape index (κ2) is 11.9. The van der Waals surface area contributed by atoms with Crippen molar-refractivity contribution in [3.8, 4) is 11.5 Å². The lowest BCUT2D eigenvalue weighted by molar-refractivity contribution is -0.402.